The zero-order valence-electron chi connectivity index (χ0n) is 9.93. The number of benzene rings is 1. The molecule has 0 aromatic heterocycles. The Morgan fingerprint density at radius 2 is 1.94 bits per heavy atom. The lowest BCUT2D eigenvalue weighted by molar-refractivity contribution is -0.109. The molecule has 0 amide bonds. The third kappa shape index (κ3) is 4.43. The standard InChI is InChI=1S/C15H20O/c1-2-3-4-5-7-12-15(13-16)14-10-8-6-9-11-14/h3-4,6,8-11,13,15H,2,5,7,12H2,1H3/b4-3-/t15-/m1/s1. The van der Waals surface area contributed by atoms with Gasteiger partial charge in [-0.1, -0.05) is 49.4 Å². The molecule has 0 saturated carbocycles. The van der Waals surface area contributed by atoms with Crippen molar-refractivity contribution >= 4 is 6.29 Å². The van der Waals surface area contributed by atoms with Crippen LogP contribution in [0.5, 0.6) is 0 Å². The molecule has 86 valence electrons. The van der Waals surface area contributed by atoms with Crippen LogP contribution in [0.3, 0.4) is 0 Å². The van der Waals surface area contributed by atoms with Gasteiger partial charge in [0.1, 0.15) is 6.29 Å². The normalized spacial score (nSPS) is 12.8. The van der Waals surface area contributed by atoms with Crippen molar-refractivity contribution in [2.45, 2.75) is 38.5 Å². The molecule has 0 unspecified atom stereocenters. The summed E-state index contributed by atoms with van der Waals surface area (Å²) >= 11 is 0. The average Bonchev–Trinajstić information content (AvgIpc) is 2.35. The largest absolute Gasteiger partial charge is 0.303 e. The Labute approximate surface area is 98.2 Å². The van der Waals surface area contributed by atoms with Crippen molar-refractivity contribution in [3.63, 3.8) is 0 Å². The predicted molar refractivity (Wildman–Crippen MR) is 68.5 cm³/mol. The summed E-state index contributed by atoms with van der Waals surface area (Å²) in [4.78, 5) is 11.0. The Kier molecular flexibility index (Phi) is 6.24. The minimum absolute atomic E-state index is 0.0660. The van der Waals surface area contributed by atoms with E-state index in [4.69, 9.17) is 0 Å². The molecule has 1 atom stereocenters. The van der Waals surface area contributed by atoms with E-state index in [1.54, 1.807) is 0 Å². The molecule has 0 N–H and O–H groups in total. The van der Waals surface area contributed by atoms with Crippen molar-refractivity contribution in [2.75, 3.05) is 0 Å². The lowest BCUT2D eigenvalue weighted by atomic mass is 9.95. The number of carbonyl (C=O) groups excluding carboxylic acids is 1. The van der Waals surface area contributed by atoms with Gasteiger partial charge in [0.05, 0.1) is 0 Å². The number of unbranched alkanes of at least 4 members (excludes halogenated alkanes) is 1. The highest BCUT2D eigenvalue weighted by molar-refractivity contribution is 5.61. The number of hydrogen-bond donors (Lipinski definition) is 0. The molecule has 16 heavy (non-hydrogen) atoms. The lowest BCUT2D eigenvalue weighted by Gasteiger charge is -2.09. The van der Waals surface area contributed by atoms with Gasteiger partial charge in [-0.05, 0) is 31.2 Å². The number of rotatable bonds is 7. The van der Waals surface area contributed by atoms with Gasteiger partial charge >= 0.3 is 0 Å². The molecule has 0 aliphatic heterocycles. The molecule has 0 aliphatic carbocycles. The molecule has 0 spiro atoms. The van der Waals surface area contributed by atoms with Gasteiger partial charge in [-0.3, -0.25) is 0 Å². The fourth-order valence-corrected chi connectivity index (χ4v) is 1.75. The van der Waals surface area contributed by atoms with Crippen LogP contribution in [0, 0.1) is 0 Å². The molecular weight excluding hydrogens is 196 g/mol. The zero-order chi connectivity index (χ0) is 11.6. The van der Waals surface area contributed by atoms with Gasteiger partial charge in [0.15, 0.2) is 0 Å². The fourth-order valence-electron chi connectivity index (χ4n) is 1.75. The number of hydrogen-bond acceptors (Lipinski definition) is 1. The molecule has 0 bridgehead atoms. The third-order valence-corrected chi connectivity index (χ3v) is 2.68. The van der Waals surface area contributed by atoms with Crippen LogP contribution < -0.4 is 0 Å². The average molecular weight is 216 g/mol. The molecular formula is C15H20O. The Morgan fingerprint density at radius 1 is 1.19 bits per heavy atom. The smallest absolute Gasteiger partial charge is 0.127 e. The first-order valence-electron chi connectivity index (χ1n) is 6.03. The topological polar surface area (TPSA) is 17.1 Å². The minimum Gasteiger partial charge on any atom is -0.303 e. The fraction of sp³-hybridized carbons (Fsp3) is 0.400. The van der Waals surface area contributed by atoms with Crippen LogP contribution in [-0.2, 0) is 4.79 Å². The van der Waals surface area contributed by atoms with E-state index in [1.165, 1.54) is 0 Å². The molecule has 1 aromatic carbocycles. The molecule has 0 fully saturated rings. The Balaban J connectivity index is 2.38. The van der Waals surface area contributed by atoms with Gasteiger partial charge < -0.3 is 4.79 Å². The van der Waals surface area contributed by atoms with Crippen molar-refractivity contribution in [2.24, 2.45) is 0 Å². The van der Waals surface area contributed by atoms with E-state index in [1.807, 2.05) is 30.3 Å². The molecule has 1 heteroatoms. The van der Waals surface area contributed by atoms with Crippen LogP contribution in [0.4, 0.5) is 0 Å². The Morgan fingerprint density at radius 3 is 2.56 bits per heavy atom. The van der Waals surface area contributed by atoms with Gasteiger partial charge in [-0.25, -0.2) is 0 Å². The summed E-state index contributed by atoms with van der Waals surface area (Å²) < 4.78 is 0. The second-order valence-electron chi connectivity index (χ2n) is 3.96. The second-order valence-corrected chi connectivity index (χ2v) is 3.96. The first-order chi connectivity index (χ1) is 7.88. The summed E-state index contributed by atoms with van der Waals surface area (Å²) in [5.74, 6) is 0.0660. The highest BCUT2D eigenvalue weighted by atomic mass is 16.1. The Bertz CT molecular complexity index is 313. The van der Waals surface area contributed by atoms with Crippen molar-refractivity contribution in [3.05, 3.63) is 48.0 Å². The van der Waals surface area contributed by atoms with Crippen molar-refractivity contribution in [1.82, 2.24) is 0 Å². The van der Waals surface area contributed by atoms with E-state index in [-0.39, 0.29) is 5.92 Å². The first-order valence-corrected chi connectivity index (χ1v) is 6.03. The summed E-state index contributed by atoms with van der Waals surface area (Å²) in [6.07, 6.45) is 9.64. The maximum absolute atomic E-state index is 11.0. The van der Waals surface area contributed by atoms with Crippen molar-refractivity contribution in [3.8, 4) is 0 Å². The van der Waals surface area contributed by atoms with Crippen LogP contribution >= 0.6 is 0 Å². The van der Waals surface area contributed by atoms with Crippen LogP contribution in [0.25, 0.3) is 0 Å². The predicted octanol–water partition coefficient (Wildman–Crippen LogP) is 4.11. The first kappa shape index (κ1) is 12.7. The number of aldehydes is 1. The third-order valence-electron chi connectivity index (χ3n) is 2.68. The highest BCUT2D eigenvalue weighted by Gasteiger charge is 2.08. The van der Waals surface area contributed by atoms with Crippen LogP contribution in [0.1, 0.15) is 44.1 Å². The van der Waals surface area contributed by atoms with Crippen molar-refractivity contribution < 1.29 is 4.79 Å². The van der Waals surface area contributed by atoms with E-state index in [0.717, 1.165) is 37.5 Å². The van der Waals surface area contributed by atoms with Crippen LogP contribution in [-0.4, -0.2) is 6.29 Å². The molecule has 1 aromatic rings. The quantitative estimate of drug-likeness (QED) is 0.381. The zero-order valence-corrected chi connectivity index (χ0v) is 9.93. The molecule has 0 saturated heterocycles. The van der Waals surface area contributed by atoms with E-state index in [9.17, 15) is 4.79 Å². The van der Waals surface area contributed by atoms with Gasteiger partial charge in [0.2, 0.25) is 0 Å². The minimum atomic E-state index is 0.0660. The summed E-state index contributed by atoms with van der Waals surface area (Å²) in [6, 6.07) is 10.0. The molecule has 1 rings (SSSR count). The number of allylic oxidation sites excluding steroid dienone is 2. The van der Waals surface area contributed by atoms with E-state index in [2.05, 4.69) is 19.1 Å². The van der Waals surface area contributed by atoms with Crippen LogP contribution in [0.15, 0.2) is 42.5 Å². The van der Waals surface area contributed by atoms with Gasteiger partial charge in [0.25, 0.3) is 0 Å². The molecule has 0 radical (unpaired) electrons. The van der Waals surface area contributed by atoms with E-state index >= 15 is 0 Å². The summed E-state index contributed by atoms with van der Waals surface area (Å²) in [6.45, 7) is 2.13. The lowest BCUT2D eigenvalue weighted by Crippen LogP contribution is -1.99. The van der Waals surface area contributed by atoms with E-state index < -0.39 is 0 Å². The molecule has 1 nitrogen and oxygen atoms in total. The summed E-state index contributed by atoms with van der Waals surface area (Å²) in [7, 11) is 0. The van der Waals surface area contributed by atoms with Crippen molar-refractivity contribution in [1.29, 1.82) is 0 Å². The van der Waals surface area contributed by atoms with Gasteiger partial charge in [-0.15, -0.1) is 0 Å². The van der Waals surface area contributed by atoms with Gasteiger partial charge in [-0.2, -0.15) is 0 Å². The van der Waals surface area contributed by atoms with Crippen LogP contribution in [0.2, 0.25) is 0 Å². The number of carbonyl (C=O) groups is 1. The Hall–Kier alpha value is -1.37. The molecule has 0 heterocycles. The van der Waals surface area contributed by atoms with Gasteiger partial charge in [0, 0.05) is 5.92 Å². The highest BCUT2D eigenvalue weighted by Crippen LogP contribution is 2.19. The SMILES string of the molecule is CC/C=C\CCC[C@H](C=O)c1ccccc1. The second kappa shape index (κ2) is 7.86. The monoisotopic (exact) mass is 216 g/mol. The summed E-state index contributed by atoms with van der Waals surface area (Å²) in [5.41, 5.74) is 1.14. The maximum atomic E-state index is 11.0. The summed E-state index contributed by atoms with van der Waals surface area (Å²) in [5, 5.41) is 0. The van der Waals surface area contributed by atoms with E-state index in [0.29, 0.717) is 0 Å². The molecule has 0 aliphatic rings. The maximum Gasteiger partial charge on any atom is 0.127 e.